The summed E-state index contributed by atoms with van der Waals surface area (Å²) in [5.74, 6) is -0.0275. The maximum absolute atomic E-state index is 12.3. The smallest absolute Gasteiger partial charge is 0.342 e. The molecule has 0 spiro atoms. The lowest BCUT2D eigenvalue weighted by atomic mass is 10.0. The van der Waals surface area contributed by atoms with Crippen molar-refractivity contribution in [3.63, 3.8) is 0 Å². The fourth-order valence-corrected chi connectivity index (χ4v) is 2.66. The van der Waals surface area contributed by atoms with Gasteiger partial charge in [0, 0.05) is 5.02 Å². The molecule has 0 heterocycles. The molecule has 3 aromatic rings. The van der Waals surface area contributed by atoms with Gasteiger partial charge in [-0.1, -0.05) is 66.2 Å². The van der Waals surface area contributed by atoms with Crippen LogP contribution in [0.1, 0.15) is 15.9 Å². The summed E-state index contributed by atoms with van der Waals surface area (Å²) in [6.07, 6.45) is 0. The number of methoxy groups -OCH3 is 1. The summed E-state index contributed by atoms with van der Waals surface area (Å²) in [6.45, 7) is 0.184. The molecule has 0 unspecified atom stereocenters. The van der Waals surface area contributed by atoms with E-state index in [4.69, 9.17) is 21.1 Å². The lowest BCUT2D eigenvalue weighted by Gasteiger charge is -2.10. The van der Waals surface area contributed by atoms with Crippen LogP contribution < -0.4 is 4.74 Å². The average molecular weight is 353 g/mol. The molecular formula is C21H17ClO3. The van der Waals surface area contributed by atoms with Crippen molar-refractivity contribution < 1.29 is 14.3 Å². The van der Waals surface area contributed by atoms with Gasteiger partial charge in [0.1, 0.15) is 17.9 Å². The van der Waals surface area contributed by atoms with Gasteiger partial charge in [-0.2, -0.15) is 0 Å². The van der Waals surface area contributed by atoms with E-state index in [9.17, 15) is 4.79 Å². The summed E-state index contributed by atoms with van der Waals surface area (Å²) in [5, 5.41) is 0.458. The Morgan fingerprint density at radius 2 is 1.60 bits per heavy atom. The van der Waals surface area contributed by atoms with E-state index >= 15 is 0 Å². The van der Waals surface area contributed by atoms with Crippen molar-refractivity contribution in [1.82, 2.24) is 0 Å². The normalized spacial score (nSPS) is 10.3. The fraction of sp³-hybridized carbons (Fsp3) is 0.0952. The van der Waals surface area contributed by atoms with Gasteiger partial charge in [0.2, 0.25) is 0 Å². The number of ether oxygens (including phenoxy) is 2. The van der Waals surface area contributed by atoms with Gasteiger partial charge in [-0.05, 0) is 34.9 Å². The van der Waals surface area contributed by atoms with Gasteiger partial charge in [0.25, 0.3) is 0 Å². The molecule has 0 saturated carbocycles. The van der Waals surface area contributed by atoms with E-state index in [1.54, 1.807) is 18.2 Å². The van der Waals surface area contributed by atoms with Crippen LogP contribution in [0.2, 0.25) is 5.02 Å². The first-order chi connectivity index (χ1) is 12.2. The Morgan fingerprint density at radius 3 is 2.28 bits per heavy atom. The van der Waals surface area contributed by atoms with Crippen LogP contribution in [-0.4, -0.2) is 13.1 Å². The maximum atomic E-state index is 12.3. The molecule has 3 aromatic carbocycles. The minimum absolute atomic E-state index is 0.184. The minimum Gasteiger partial charge on any atom is -0.496 e. The summed E-state index contributed by atoms with van der Waals surface area (Å²) >= 11 is 5.95. The Morgan fingerprint density at radius 1 is 0.920 bits per heavy atom. The predicted octanol–water partition coefficient (Wildman–Crippen LogP) is 5.37. The van der Waals surface area contributed by atoms with Crippen molar-refractivity contribution in [2.45, 2.75) is 6.61 Å². The summed E-state index contributed by atoms with van der Waals surface area (Å²) in [6, 6.07) is 22.9. The Hall–Kier alpha value is -2.78. The first-order valence-corrected chi connectivity index (χ1v) is 8.20. The first-order valence-electron chi connectivity index (χ1n) is 7.82. The van der Waals surface area contributed by atoms with E-state index < -0.39 is 5.97 Å². The van der Waals surface area contributed by atoms with E-state index in [1.807, 2.05) is 42.5 Å². The molecule has 4 heteroatoms. The largest absolute Gasteiger partial charge is 0.496 e. The molecule has 0 aromatic heterocycles. The Labute approximate surface area is 151 Å². The molecular weight excluding hydrogens is 336 g/mol. The van der Waals surface area contributed by atoms with Crippen molar-refractivity contribution in [2.24, 2.45) is 0 Å². The minimum atomic E-state index is -0.466. The molecule has 0 fully saturated rings. The molecule has 0 atom stereocenters. The van der Waals surface area contributed by atoms with Crippen LogP contribution in [0.3, 0.4) is 0 Å². The third-order valence-corrected chi connectivity index (χ3v) is 4.05. The van der Waals surface area contributed by atoms with Crippen LogP contribution in [0.15, 0.2) is 72.8 Å². The third kappa shape index (κ3) is 4.20. The second-order valence-corrected chi connectivity index (χ2v) is 5.92. The highest BCUT2D eigenvalue weighted by Gasteiger charge is 2.14. The molecule has 0 saturated heterocycles. The number of hydrogen-bond donors (Lipinski definition) is 0. The lowest BCUT2D eigenvalue weighted by Crippen LogP contribution is -2.07. The molecule has 0 N–H and O–H groups in total. The van der Waals surface area contributed by atoms with Crippen molar-refractivity contribution in [2.75, 3.05) is 7.11 Å². The van der Waals surface area contributed by atoms with Crippen LogP contribution in [0.5, 0.6) is 5.75 Å². The summed E-state index contributed by atoms with van der Waals surface area (Å²) in [5.41, 5.74) is 3.49. The van der Waals surface area contributed by atoms with E-state index in [2.05, 4.69) is 12.1 Å². The van der Waals surface area contributed by atoms with Crippen molar-refractivity contribution in [3.05, 3.63) is 88.9 Å². The molecule has 0 radical (unpaired) electrons. The van der Waals surface area contributed by atoms with Gasteiger partial charge in [0.05, 0.1) is 7.11 Å². The van der Waals surface area contributed by atoms with E-state index in [1.165, 1.54) is 7.11 Å². The van der Waals surface area contributed by atoms with E-state index in [0.29, 0.717) is 16.3 Å². The predicted molar refractivity (Wildman–Crippen MR) is 99.0 cm³/mol. The van der Waals surface area contributed by atoms with E-state index in [0.717, 1.165) is 16.7 Å². The highest BCUT2D eigenvalue weighted by molar-refractivity contribution is 6.31. The summed E-state index contributed by atoms with van der Waals surface area (Å²) in [7, 11) is 1.50. The van der Waals surface area contributed by atoms with Gasteiger partial charge in [-0.15, -0.1) is 0 Å². The van der Waals surface area contributed by atoms with Crippen molar-refractivity contribution in [3.8, 4) is 16.9 Å². The standard InChI is InChI=1S/C21H17ClO3/c1-24-20-12-11-18(22)13-19(20)21(23)25-14-15-7-9-17(10-8-15)16-5-3-2-4-6-16/h2-13H,14H2,1H3. The van der Waals surface area contributed by atoms with Crippen molar-refractivity contribution in [1.29, 1.82) is 0 Å². The molecule has 0 aliphatic heterocycles. The third-order valence-electron chi connectivity index (χ3n) is 3.81. The average Bonchev–Trinajstić information content (AvgIpc) is 2.67. The molecule has 3 rings (SSSR count). The number of esters is 1. The zero-order valence-corrected chi connectivity index (χ0v) is 14.5. The molecule has 25 heavy (non-hydrogen) atoms. The number of benzene rings is 3. The van der Waals surface area contributed by atoms with Gasteiger partial charge >= 0.3 is 5.97 Å². The molecule has 126 valence electrons. The SMILES string of the molecule is COc1ccc(Cl)cc1C(=O)OCc1ccc(-c2ccccc2)cc1. The van der Waals surface area contributed by atoms with Gasteiger partial charge in [-0.25, -0.2) is 4.79 Å². The quantitative estimate of drug-likeness (QED) is 0.579. The zero-order chi connectivity index (χ0) is 17.6. The number of hydrogen-bond acceptors (Lipinski definition) is 3. The molecule has 0 amide bonds. The van der Waals surface area contributed by atoms with Crippen LogP contribution in [0, 0.1) is 0 Å². The molecule has 3 nitrogen and oxygen atoms in total. The highest BCUT2D eigenvalue weighted by atomic mass is 35.5. The number of rotatable bonds is 5. The lowest BCUT2D eigenvalue weighted by molar-refractivity contribution is 0.0469. The van der Waals surface area contributed by atoms with Crippen LogP contribution in [0.25, 0.3) is 11.1 Å². The Balaban J connectivity index is 1.68. The first kappa shape index (κ1) is 17.1. The maximum Gasteiger partial charge on any atom is 0.342 e. The number of carbonyl (C=O) groups is 1. The second kappa shape index (κ2) is 7.86. The monoisotopic (exact) mass is 352 g/mol. The van der Waals surface area contributed by atoms with Crippen molar-refractivity contribution >= 4 is 17.6 Å². The summed E-state index contributed by atoms with van der Waals surface area (Å²) in [4.78, 5) is 12.3. The zero-order valence-electron chi connectivity index (χ0n) is 13.7. The Bertz CT molecular complexity index is 858. The van der Waals surface area contributed by atoms with Crippen LogP contribution in [-0.2, 0) is 11.3 Å². The van der Waals surface area contributed by atoms with Gasteiger partial charge < -0.3 is 9.47 Å². The fourth-order valence-electron chi connectivity index (χ4n) is 2.49. The highest BCUT2D eigenvalue weighted by Crippen LogP contribution is 2.24. The Kier molecular flexibility index (Phi) is 5.36. The molecule has 0 bridgehead atoms. The second-order valence-electron chi connectivity index (χ2n) is 5.48. The number of carbonyl (C=O) groups excluding carboxylic acids is 1. The van der Waals surface area contributed by atoms with Crippen LogP contribution >= 0.6 is 11.6 Å². The molecule has 0 aliphatic rings. The van der Waals surface area contributed by atoms with Crippen LogP contribution in [0.4, 0.5) is 0 Å². The van der Waals surface area contributed by atoms with Gasteiger partial charge in [0.15, 0.2) is 0 Å². The molecule has 0 aliphatic carbocycles. The summed E-state index contributed by atoms with van der Waals surface area (Å²) < 4.78 is 10.6. The van der Waals surface area contributed by atoms with Gasteiger partial charge in [-0.3, -0.25) is 0 Å². The topological polar surface area (TPSA) is 35.5 Å². The van der Waals surface area contributed by atoms with E-state index in [-0.39, 0.29) is 6.61 Å². The number of halogens is 1.